The average molecular weight is 448 g/mol. The van der Waals surface area contributed by atoms with Crippen LogP contribution < -0.4 is 5.32 Å². The smallest absolute Gasteiger partial charge is 0.290 e. The minimum absolute atomic E-state index is 0.00220. The first-order valence-electron chi connectivity index (χ1n) is 8.83. The van der Waals surface area contributed by atoms with Crippen molar-refractivity contribution in [3.8, 4) is 5.69 Å². The number of carbonyl (C=O) groups is 1. The van der Waals surface area contributed by atoms with Crippen molar-refractivity contribution in [1.29, 1.82) is 0 Å². The van der Waals surface area contributed by atoms with Gasteiger partial charge in [-0.3, -0.25) is 4.79 Å². The number of nitrogens with one attached hydrogen (secondary N) is 1. The number of aromatic nitrogens is 3. The summed E-state index contributed by atoms with van der Waals surface area (Å²) in [4.78, 5) is 16.6. The largest absolute Gasteiger partial charge is 0.349 e. The molecule has 28 heavy (non-hydrogen) atoms. The Bertz CT molecular complexity index is 926. The lowest BCUT2D eigenvalue weighted by atomic mass is 10.3. The Morgan fingerprint density at radius 1 is 1.25 bits per heavy atom. The van der Waals surface area contributed by atoms with Crippen LogP contribution in [0.3, 0.4) is 0 Å². The van der Waals surface area contributed by atoms with E-state index in [1.54, 1.807) is 25.1 Å². The molecule has 2 rings (SSSR count). The first kappa shape index (κ1) is 22.6. The molecule has 0 radical (unpaired) electrons. The maximum Gasteiger partial charge on any atom is 0.290 e. The number of nitrogens with zero attached hydrogens (tertiary/aromatic N) is 4. The summed E-state index contributed by atoms with van der Waals surface area (Å²) in [6.07, 6.45) is 1.00. The van der Waals surface area contributed by atoms with Crippen LogP contribution in [0.1, 0.15) is 36.7 Å². The molecule has 0 aliphatic heterocycles. The van der Waals surface area contributed by atoms with E-state index >= 15 is 0 Å². The molecule has 0 unspecified atom stereocenters. The number of carbonyl (C=O) groups excluding carboxylic acids is 1. The molecule has 0 fully saturated rings. The van der Waals surface area contributed by atoms with Gasteiger partial charge in [0, 0.05) is 26.6 Å². The molecule has 1 N–H and O–H groups in total. The van der Waals surface area contributed by atoms with E-state index in [0.717, 1.165) is 0 Å². The molecule has 1 aromatic heterocycles. The van der Waals surface area contributed by atoms with E-state index in [4.69, 9.17) is 23.2 Å². The summed E-state index contributed by atoms with van der Waals surface area (Å²) in [5.74, 6) is 0.149. The van der Waals surface area contributed by atoms with Crippen LogP contribution in [-0.4, -0.2) is 59.3 Å². The summed E-state index contributed by atoms with van der Waals surface area (Å²) >= 11 is 12.5. The number of hydrogen-bond donors (Lipinski definition) is 1. The Morgan fingerprint density at radius 2 is 1.89 bits per heavy atom. The molecule has 11 heteroatoms. The van der Waals surface area contributed by atoms with Crippen LogP contribution in [0, 0.1) is 0 Å². The molecule has 0 atom stereocenters. The lowest BCUT2D eigenvalue weighted by Gasteiger charge is -2.15. The highest BCUT2D eigenvalue weighted by Crippen LogP contribution is 2.28. The Labute approximate surface area is 174 Å². The van der Waals surface area contributed by atoms with Gasteiger partial charge < -0.3 is 5.32 Å². The molecule has 1 heterocycles. The fourth-order valence-corrected chi connectivity index (χ4v) is 3.89. The highest BCUT2D eigenvalue weighted by Gasteiger charge is 2.20. The van der Waals surface area contributed by atoms with Crippen molar-refractivity contribution in [1.82, 2.24) is 24.4 Å². The zero-order valence-electron chi connectivity index (χ0n) is 15.9. The standard InChI is InChI=1S/C17H23Cl2N5O3S/c1-4-14-21-16(22-24(14)15-12(18)8-6-9-13(15)19)17(25)20-10-7-11-23(3)28(26,27)5-2/h6,8-9H,4-5,7,10-11H2,1-3H3,(H,20,25). The summed E-state index contributed by atoms with van der Waals surface area (Å²) in [5.41, 5.74) is 0.473. The van der Waals surface area contributed by atoms with Crippen molar-refractivity contribution in [3.05, 3.63) is 39.9 Å². The van der Waals surface area contributed by atoms with Crippen molar-refractivity contribution in [2.45, 2.75) is 26.7 Å². The van der Waals surface area contributed by atoms with Gasteiger partial charge in [-0.1, -0.05) is 36.2 Å². The number of amides is 1. The number of sulfonamides is 1. The van der Waals surface area contributed by atoms with Crippen molar-refractivity contribution in [3.63, 3.8) is 0 Å². The zero-order chi connectivity index (χ0) is 20.9. The lowest BCUT2D eigenvalue weighted by Crippen LogP contribution is -2.32. The second kappa shape index (κ2) is 9.69. The molecule has 1 aromatic carbocycles. The minimum atomic E-state index is -3.23. The predicted octanol–water partition coefficient (Wildman–Crippen LogP) is 2.54. The summed E-state index contributed by atoms with van der Waals surface area (Å²) in [6.45, 7) is 4.09. The van der Waals surface area contributed by atoms with Crippen LogP contribution in [0.15, 0.2) is 18.2 Å². The van der Waals surface area contributed by atoms with Crippen LogP contribution in [0.25, 0.3) is 5.69 Å². The highest BCUT2D eigenvalue weighted by molar-refractivity contribution is 7.89. The van der Waals surface area contributed by atoms with E-state index in [0.29, 0.717) is 47.5 Å². The van der Waals surface area contributed by atoms with Gasteiger partial charge in [-0.05, 0) is 25.5 Å². The molecule has 0 saturated carbocycles. The Balaban J connectivity index is 2.06. The second-order valence-electron chi connectivity index (χ2n) is 6.02. The number of benzene rings is 1. The summed E-state index contributed by atoms with van der Waals surface area (Å²) in [5, 5.41) is 7.77. The summed E-state index contributed by atoms with van der Waals surface area (Å²) in [6, 6.07) is 5.09. The van der Waals surface area contributed by atoms with Crippen LogP contribution in [-0.2, 0) is 16.4 Å². The normalized spacial score (nSPS) is 11.8. The number of halogens is 2. The maximum absolute atomic E-state index is 12.4. The molecule has 154 valence electrons. The van der Waals surface area contributed by atoms with Gasteiger partial charge in [0.2, 0.25) is 15.8 Å². The van der Waals surface area contributed by atoms with Gasteiger partial charge >= 0.3 is 0 Å². The van der Waals surface area contributed by atoms with E-state index in [-0.39, 0.29) is 11.6 Å². The summed E-state index contributed by atoms with van der Waals surface area (Å²) in [7, 11) is -1.71. The number of rotatable bonds is 9. The molecule has 0 aliphatic rings. The van der Waals surface area contributed by atoms with Crippen molar-refractivity contribution in [2.75, 3.05) is 25.9 Å². The SMILES string of the molecule is CCc1nc(C(=O)NCCCN(C)S(=O)(=O)CC)nn1-c1c(Cl)cccc1Cl. The van der Waals surface area contributed by atoms with Gasteiger partial charge in [0.15, 0.2) is 0 Å². The third kappa shape index (κ3) is 5.22. The number of para-hydroxylation sites is 1. The van der Waals surface area contributed by atoms with Crippen molar-refractivity contribution >= 4 is 39.1 Å². The van der Waals surface area contributed by atoms with Gasteiger partial charge in [-0.2, -0.15) is 0 Å². The fraction of sp³-hybridized carbons (Fsp3) is 0.471. The zero-order valence-corrected chi connectivity index (χ0v) is 18.3. The quantitative estimate of drug-likeness (QED) is 0.595. The molecule has 0 bridgehead atoms. The van der Waals surface area contributed by atoms with Gasteiger partial charge in [0.25, 0.3) is 5.91 Å². The Kier molecular flexibility index (Phi) is 7.82. The van der Waals surface area contributed by atoms with E-state index in [1.807, 2.05) is 6.92 Å². The Morgan fingerprint density at radius 3 is 2.46 bits per heavy atom. The summed E-state index contributed by atoms with van der Waals surface area (Å²) < 4.78 is 26.2. The van der Waals surface area contributed by atoms with E-state index in [2.05, 4.69) is 15.4 Å². The Hall–Kier alpha value is -1.68. The van der Waals surface area contributed by atoms with Gasteiger partial charge in [0.1, 0.15) is 11.5 Å². The molecule has 0 saturated heterocycles. The third-order valence-electron chi connectivity index (χ3n) is 4.12. The van der Waals surface area contributed by atoms with Crippen molar-refractivity contribution < 1.29 is 13.2 Å². The number of aryl methyl sites for hydroxylation is 1. The van der Waals surface area contributed by atoms with Gasteiger partial charge in [-0.15, -0.1) is 5.10 Å². The van der Waals surface area contributed by atoms with E-state index in [1.165, 1.54) is 16.0 Å². The van der Waals surface area contributed by atoms with Gasteiger partial charge in [-0.25, -0.2) is 22.4 Å². The topological polar surface area (TPSA) is 97.2 Å². The molecule has 8 nitrogen and oxygen atoms in total. The molecule has 2 aromatic rings. The molecule has 0 spiro atoms. The van der Waals surface area contributed by atoms with Crippen molar-refractivity contribution in [2.24, 2.45) is 0 Å². The van der Waals surface area contributed by atoms with E-state index < -0.39 is 15.9 Å². The lowest BCUT2D eigenvalue weighted by molar-refractivity contribution is 0.0942. The monoisotopic (exact) mass is 447 g/mol. The first-order chi connectivity index (χ1) is 13.2. The van der Waals surface area contributed by atoms with Crippen LogP contribution in [0.4, 0.5) is 0 Å². The van der Waals surface area contributed by atoms with Crippen LogP contribution in [0.2, 0.25) is 10.0 Å². The first-order valence-corrected chi connectivity index (χ1v) is 11.2. The van der Waals surface area contributed by atoms with Crippen LogP contribution >= 0.6 is 23.2 Å². The number of hydrogen-bond acceptors (Lipinski definition) is 5. The van der Waals surface area contributed by atoms with E-state index in [9.17, 15) is 13.2 Å². The molecule has 1 amide bonds. The average Bonchev–Trinajstić information content (AvgIpc) is 3.08. The fourth-order valence-electron chi connectivity index (χ4n) is 2.48. The predicted molar refractivity (Wildman–Crippen MR) is 110 cm³/mol. The minimum Gasteiger partial charge on any atom is -0.349 e. The third-order valence-corrected chi connectivity index (χ3v) is 6.59. The van der Waals surface area contributed by atoms with Crippen LogP contribution in [0.5, 0.6) is 0 Å². The highest BCUT2D eigenvalue weighted by atomic mass is 35.5. The molecule has 0 aliphatic carbocycles. The van der Waals surface area contributed by atoms with Gasteiger partial charge in [0.05, 0.1) is 15.8 Å². The maximum atomic E-state index is 12.4. The molecular formula is C17H23Cl2N5O3S. The second-order valence-corrected chi connectivity index (χ2v) is 9.20. The molecular weight excluding hydrogens is 425 g/mol.